The van der Waals surface area contributed by atoms with Crippen molar-refractivity contribution in [2.24, 2.45) is 0 Å². The van der Waals surface area contributed by atoms with Crippen LogP contribution in [0.25, 0.3) is 21.8 Å². The fourth-order valence-corrected chi connectivity index (χ4v) is 5.08. The number of fused-ring (bicyclic) bond motifs is 2. The van der Waals surface area contributed by atoms with Crippen LogP contribution in [0.4, 0.5) is 11.4 Å². The van der Waals surface area contributed by atoms with Crippen molar-refractivity contribution in [3.8, 4) is 0 Å². The third-order valence-corrected chi connectivity index (χ3v) is 6.91. The molecule has 1 aliphatic carbocycles. The van der Waals surface area contributed by atoms with Crippen LogP contribution in [0.5, 0.6) is 0 Å². The van der Waals surface area contributed by atoms with E-state index in [1.807, 2.05) is 48.5 Å². The number of thiocarbonyl (C=S) groups is 1. The summed E-state index contributed by atoms with van der Waals surface area (Å²) >= 11 is 5.54. The summed E-state index contributed by atoms with van der Waals surface area (Å²) in [5.74, 6) is -0.280. The molecule has 0 atom stereocenters. The zero-order valence-electron chi connectivity index (χ0n) is 19.5. The van der Waals surface area contributed by atoms with Gasteiger partial charge >= 0.3 is 0 Å². The van der Waals surface area contributed by atoms with Crippen molar-refractivity contribution < 1.29 is 4.79 Å². The average molecular weight is 486 g/mol. The van der Waals surface area contributed by atoms with E-state index in [0.29, 0.717) is 28.3 Å². The maximum Gasteiger partial charge on any atom is 0.266 e. The molecule has 178 valence electrons. The molecule has 1 heterocycles. The van der Waals surface area contributed by atoms with Crippen molar-refractivity contribution in [1.82, 2.24) is 15.3 Å². The van der Waals surface area contributed by atoms with Crippen LogP contribution in [0.2, 0.25) is 0 Å². The van der Waals surface area contributed by atoms with E-state index in [2.05, 4.69) is 32.5 Å². The fourth-order valence-electron chi connectivity index (χ4n) is 4.88. The zero-order chi connectivity index (χ0) is 24.4. The molecule has 1 aliphatic rings. The lowest BCUT2D eigenvalue weighted by atomic mass is 9.94. The molecule has 0 saturated heterocycles. The van der Waals surface area contributed by atoms with Gasteiger partial charge in [0.25, 0.3) is 11.5 Å². The highest BCUT2D eigenvalue weighted by Gasteiger charge is 2.22. The first kappa shape index (κ1) is 23.0. The number of amides is 1. The molecule has 3 aromatic carbocycles. The SMILES string of the molecule is CN(c1cc2ncc(=O)[nH]c2cc1NC(=S)NC(=O)c1cccc2ccccc12)C1CCCCC1. The van der Waals surface area contributed by atoms with Gasteiger partial charge in [-0.25, -0.2) is 4.98 Å². The Labute approximate surface area is 208 Å². The molecule has 0 spiro atoms. The normalized spacial score (nSPS) is 14.1. The maximum absolute atomic E-state index is 13.1. The van der Waals surface area contributed by atoms with Gasteiger partial charge in [0.1, 0.15) is 0 Å². The molecule has 0 bridgehead atoms. The molecule has 7 nitrogen and oxygen atoms in total. The van der Waals surface area contributed by atoms with Crippen molar-refractivity contribution in [3.05, 3.63) is 76.7 Å². The number of nitrogens with zero attached hydrogens (tertiary/aromatic N) is 2. The molecule has 1 aromatic heterocycles. The van der Waals surface area contributed by atoms with Gasteiger partial charge in [0.2, 0.25) is 0 Å². The number of hydrogen-bond acceptors (Lipinski definition) is 5. The van der Waals surface area contributed by atoms with E-state index < -0.39 is 0 Å². The lowest BCUT2D eigenvalue weighted by molar-refractivity contribution is 0.0979. The van der Waals surface area contributed by atoms with Gasteiger partial charge < -0.3 is 15.2 Å². The van der Waals surface area contributed by atoms with Gasteiger partial charge in [-0.15, -0.1) is 0 Å². The van der Waals surface area contributed by atoms with Gasteiger partial charge in [-0.05, 0) is 54.0 Å². The number of aromatic amines is 1. The van der Waals surface area contributed by atoms with E-state index >= 15 is 0 Å². The third-order valence-electron chi connectivity index (χ3n) is 6.70. The molecule has 0 aliphatic heterocycles. The Morgan fingerprint density at radius 1 is 1.09 bits per heavy atom. The number of carbonyl (C=O) groups excluding carboxylic acids is 1. The van der Waals surface area contributed by atoms with Crippen LogP contribution in [0.3, 0.4) is 0 Å². The van der Waals surface area contributed by atoms with Crippen LogP contribution < -0.4 is 21.1 Å². The highest BCUT2D eigenvalue weighted by Crippen LogP contribution is 2.33. The van der Waals surface area contributed by atoms with Crippen molar-refractivity contribution in [3.63, 3.8) is 0 Å². The Hall–Kier alpha value is -3.78. The second kappa shape index (κ2) is 9.84. The highest BCUT2D eigenvalue weighted by molar-refractivity contribution is 7.80. The molecule has 0 unspecified atom stereocenters. The van der Waals surface area contributed by atoms with Gasteiger partial charge in [0.05, 0.1) is 28.6 Å². The molecule has 3 N–H and O–H groups in total. The lowest BCUT2D eigenvalue weighted by Gasteiger charge is -2.34. The first-order valence-corrected chi connectivity index (χ1v) is 12.3. The number of H-pyrrole nitrogens is 1. The number of nitrogens with one attached hydrogen (secondary N) is 3. The van der Waals surface area contributed by atoms with E-state index in [1.165, 1.54) is 25.5 Å². The standard InChI is InChI=1S/C27H27N5O2S/c1-32(18-10-3-2-4-11-18)24-15-21-22(29-25(33)16-28-21)14-23(24)30-27(35)31-26(34)20-13-7-9-17-8-5-6-12-19(17)20/h5-9,12-16,18H,2-4,10-11H2,1H3,(H,29,33)(H2,30,31,34,35). The molecule has 8 heteroatoms. The predicted molar refractivity (Wildman–Crippen MR) is 145 cm³/mol. The monoisotopic (exact) mass is 485 g/mol. The second-order valence-electron chi connectivity index (χ2n) is 8.97. The summed E-state index contributed by atoms with van der Waals surface area (Å²) in [5, 5.41) is 8.05. The summed E-state index contributed by atoms with van der Waals surface area (Å²) in [5.41, 5.74) is 3.20. The van der Waals surface area contributed by atoms with Gasteiger partial charge in [-0.2, -0.15) is 0 Å². The molecule has 5 rings (SSSR count). The van der Waals surface area contributed by atoms with Crippen molar-refractivity contribution in [2.75, 3.05) is 17.3 Å². The van der Waals surface area contributed by atoms with Gasteiger partial charge in [-0.1, -0.05) is 55.7 Å². The van der Waals surface area contributed by atoms with E-state index in [-0.39, 0.29) is 16.6 Å². The van der Waals surface area contributed by atoms with Crippen LogP contribution in [0, 0.1) is 0 Å². The van der Waals surface area contributed by atoms with E-state index in [0.717, 1.165) is 29.3 Å². The van der Waals surface area contributed by atoms with Crippen LogP contribution in [-0.4, -0.2) is 34.1 Å². The second-order valence-corrected chi connectivity index (χ2v) is 9.38. The van der Waals surface area contributed by atoms with Gasteiger partial charge in [-0.3, -0.25) is 14.9 Å². The highest BCUT2D eigenvalue weighted by atomic mass is 32.1. The third kappa shape index (κ3) is 4.88. The molecular weight excluding hydrogens is 458 g/mol. The number of benzene rings is 3. The molecule has 1 fully saturated rings. The van der Waals surface area contributed by atoms with Crippen molar-refractivity contribution in [2.45, 2.75) is 38.1 Å². The van der Waals surface area contributed by atoms with Crippen LogP contribution >= 0.6 is 12.2 Å². The zero-order valence-corrected chi connectivity index (χ0v) is 20.3. The molecule has 0 radical (unpaired) electrons. The number of rotatable bonds is 4. The summed E-state index contributed by atoms with van der Waals surface area (Å²) in [4.78, 5) is 34.3. The first-order chi connectivity index (χ1) is 17.0. The number of aromatic nitrogens is 2. The lowest BCUT2D eigenvalue weighted by Crippen LogP contribution is -2.36. The van der Waals surface area contributed by atoms with Crippen LogP contribution in [0.1, 0.15) is 42.5 Å². The summed E-state index contributed by atoms with van der Waals surface area (Å²) in [6.45, 7) is 0. The molecule has 4 aromatic rings. The Balaban J connectivity index is 1.44. The maximum atomic E-state index is 13.1. The smallest absolute Gasteiger partial charge is 0.266 e. The average Bonchev–Trinajstić information content (AvgIpc) is 2.88. The molecular formula is C27H27N5O2S. The minimum atomic E-state index is -0.280. The predicted octanol–water partition coefficient (Wildman–Crippen LogP) is 4.97. The van der Waals surface area contributed by atoms with E-state index in [4.69, 9.17) is 12.2 Å². The number of hydrogen-bond donors (Lipinski definition) is 3. The quantitative estimate of drug-likeness (QED) is 0.354. The number of carbonyl (C=O) groups is 1. The Morgan fingerprint density at radius 3 is 2.69 bits per heavy atom. The summed E-state index contributed by atoms with van der Waals surface area (Å²) in [6, 6.07) is 17.6. The molecule has 1 saturated carbocycles. The largest absolute Gasteiger partial charge is 0.370 e. The van der Waals surface area contributed by atoms with Crippen LogP contribution in [0.15, 0.2) is 65.6 Å². The van der Waals surface area contributed by atoms with E-state index in [9.17, 15) is 9.59 Å². The van der Waals surface area contributed by atoms with E-state index in [1.54, 1.807) is 6.07 Å². The fraction of sp³-hybridized carbons (Fsp3) is 0.259. The van der Waals surface area contributed by atoms with Crippen molar-refractivity contribution in [1.29, 1.82) is 0 Å². The molecule has 35 heavy (non-hydrogen) atoms. The summed E-state index contributed by atoms with van der Waals surface area (Å²) in [7, 11) is 2.08. The van der Waals surface area contributed by atoms with Gasteiger partial charge in [0.15, 0.2) is 5.11 Å². The summed E-state index contributed by atoms with van der Waals surface area (Å²) in [6.07, 6.45) is 7.20. The molecule has 1 amide bonds. The van der Waals surface area contributed by atoms with Gasteiger partial charge in [0, 0.05) is 18.7 Å². The topological polar surface area (TPSA) is 90.1 Å². The Kier molecular flexibility index (Phi) is 6.46. The minimum absolute atomic E-state index is 0.187. The Bertz CT molecular complexity index is 1470. The van der Waals surface area contributed by atoms with Crippen LogP contribution in [-0.2, 0) is 0 Å². The first-order valence-electron chi connectivity index (χ1n) is 11.9. The minimum Gasteiger partial charge on any atom is -0.370 e. The number of anilines is 2. The van der Waals surface area contributed by atoms with Crippen molar-refractivity contribution >= 4 is 56.4 Å². The Morgan fingerprint density at radius 2 is 1.86 bits per heavy atom. The summed E-state index contributed by atoms with van der Waals surface area (Å²) < 4.78 is 0.